The summed E-state index contributed by atoms with van der Waals surface area (Å²) in [5.74, 6) is 0. The topological polar surface area (TPSA) is 99.4 Å². The summed E-state index contributed by atoms with van der Waals surface area (Å²) in [4.78, 5) is 0. The molecule has 1 fully saturated rings. The Balaban J connectivity index is 2.77. The van der Waals surface area contributed by atoms with Crippen molar-refractivity contribution in [1.82, 2.24) is 0 Å². The summed E-state index contributed by atoms with van der Waals surface area (Å²) in [6, 6.07) is 0. The molecule has 6 nitrogen and oxygen atoms in total. The minimum Gasteiger partial charge on any atom is -0.394 e. The summed E-state index contributed by atoms with van der Waals surface area (Å²) in [5, 5.41) is 37.8. The van der Waals surface area contributed by atoms with E-state index in [2.05, 4.69) is 0 Å². The quantitative estimate of drug-likeness (QED) is 0.471. The van der Waals surface area contributed by atoms with Crippen LogP contribution in [0.4, 0.5) is 0 Å². The van der Waals surface area contributed by atoms with Crippen molar-refractivity contribution in [3.05, 3.63) is 0 Å². The summed E-state index contributed by atoms with van der Waals surface area (Å²) < 4.78 is 10.3. The fourth-order valence-electron chi connectivity index (χ4n) is 1.61. The molecule has 1 heterocycles. The fourth-order valence-corrected chi connectivity index (χ4v) is 1.61. The zero-order valence-electron chi connectivity index (χ0n) is 9.70. The summed E-state index contributed by atoms with van der Waals surface area (Å²) in [6.45, 7) is 4.85. The van der Waals surface area contributed by atoms with E-state index in [-0.39, 0.29) is 0 Å². The highest BCUT2D eigenvalue weighted by atomic mass is 16.6. The first-order chi connectivity index (χ1) is 7.26. The second-order valence-electron chi connectivity index (χ2n) is 4.92. The SMILES string of the molecule is CC(C)(C)O[C@H]1[C@H](O)[C@@H](CO)OC(O)[C@@H]1O. The second-order valence-corrected chi connectivity index (χ2v) is 4.92. The lowest BCUT2D eigenvalue weighted by molar-refractivity contribution is -0.306. The average Bonchev–Trinajstić information content (AvgIpc) is 2.17. The van der Waals surface area contributed by atoms with Crippen molar-refractivity contribution < 1.29 is 29.9 Å². The van der Waals surface area contributed by atoms with Crippen LogP contribution in [0.15, 0.2) is 0 Å². The van der Waals surface area contributed by atoms with E-state index in [0.29, 0.717) is 0 Å². The maximum absolute atomic E-state index is 9.80. The maximum Gasteiger partial charge on any atom is 0.184 e. The van der Waals surface area contributed by atoms with Crippen LogP contribution in [-0.2, 0) is 9.47 Å². The van der Waals surface area contributed by atoms with Gasteiger partial charge in [0.05, 0.1) is 12.2 Å². The van der Waals surface area contributed by atoms with Crippen LogP contribution in [0.3, 0.4) is 0 Å². The van der Waals surface area contributed by atoms with Crippen LogP contribution in [0.5, 0.6) is 0 Å². The van der Waals surface area contributed by atoms with Crippen molar-refractivity contribution in [3.63, 3.8) is 0 Å². The lowest BCUT2D eigenvalue weighted by Crippen LogP contribution is -2.60. The molecule has 0 aromatic heterocycles. The Bertz CT molecular complexity index is 226. The number of rotatable bonds is 2. The number of ether oxygens (including phenoxy) is 2. The van der Waals surface area contributed by atoms with Gasteiger partial charge in [-0.1, -0.05) is 0 Å². The highest BCUT2D eigenvalue weighted by molar-refractivity contribution is 4.90. The molecule has 1 saturated heterocycles. The Morgan fingerprint density at radius 2 is 1.69 bits per heavy atom. The van der Waals surface area contributed by atoms with Crippen molar-refractivity contribution in [2.75, 3.05) is 6.61 Å². The maximum atomic E-state index is 9.80. The molecular formula is C10H20O6. The molecule has 0 aromatic carbocycles. The monoisotopic (exact) mass is 236 g/mol. The van der Waals surface area contributed by atoms with Gasteiger partial charge >= 0.3 is 0 Å². The minimum atomic E-state index is -1.46. The highest BCUT2D eigenvalue weighted by Gasteiger charge is 2.45. The largest absolute Gasteiger partial charge is 0.394 e. The van der Waals surface area contributed by atoms with Gasteiger partial charge in [0.1, 0.15) is 24.4 Å². The van der Waals surface area contributed by atoms with Gasteiger partial charge in [-0.25, -0.2) is 0 Å². The minimum absolute atomic E-state index is 0.449. The molecule has 0 bridgehead atoms. The lowest BCUT2D eigenvalue weighted by Gasteiger charge is -2.42. The molecule has 5 atom stereocenters. The highest BCUT2D eigenvalue weighted by Crippen LogP contribution is 2.25. The van der Waals surface area contributed by atoms with Crippen LogP contribution in [0.25, 0.3) is 0 Å². The Kier molecular flexibility index (Phi) is 4.28. The van der Waals surface area contributed by atoms with E-state index in [1.54, 1.807) is 20.8 Å². The molecule has 4 N–H and O–H groups in total. The molecule has 0 aliphatic carbocycles. The second kappa shape index (κ2) is 4.95. The van der Waals surface area contributed by atoms with Crippen LogP contribution in [0, 0.1) is 0 Å². The summed E-state index contributed by atoms with van der Waals surface area (Å²) in [6.07, 6.45) is -5.92. The third-order valence-electron chi connectivity index (χ3n) is 2.33. The Labute approximate surface area is 94.4 Å². The van der Waals surface area contributed by atoms with Gasteiger partial charge in [-0.15, -0.1) is 0 Å². The molecule has 16 heavy (non-hydrogen) atoms. The molecule has 0 saturated carbocycles. The molecular weight excluding hydrogens is 216 g/mol. The summed E-state index contributed by atoms with van der Waals surface area (Å²) in [5.41, 5.74) is -0.580. The first-order valence-corrected chi connectivity index (χ1v) is 5.24. The third-order valence-corrected chi connectivity index (χ3v) is 2.33. The summed E-state index contributed by atoms with van der Waals surface area (Å²) in [7, 11) is 0. The molecule has 6 heteroatoms. The zero-order chi connectivity index (χ0) is 12.5. The van der Waals surface area contributed by atoms with Crippen LogP contribution < -0.4 is 0 Å². The van der Waals surface area contributed by atoms with Crippen molar-refractivity contribution in [3.8, 4) is 0 Å². The molecule has 0 radical (unpaired) electrons. The number of aliphatic hydroxyl groups is 4. The molecule has 0 aromatic rings. The average molecular weight is 236 g/mol. The third kappa shape index (κ3) is 3.13. The molecule has 96 valence electrons. The van der Waals surface area contributed by atoms with E-state index in [1.807, 2.05) is 0 Å². The van der Waals surface area contributed by atoms with Gasteiger partial charge in [0.2, 0.25) is 0 Å². The van der Waals surface area contributed by atoms with E-state index in [1.165, 1.54) is 0 Å². The Morgan fingerprint density at radius 1 is 1.12 bits per heavy atom. The number of hydrogen-bond acceptors (Lipinski definition) is 6. The Hall–Kier alpha value is -0.240. The zero-order valence-corrected chi connectivity index (χ0v) is 9.70. The van der Waals surface area contributed by atoms with Gasteiger partial charge in [0, 0.05) is 0 Å². The van der Waals surface area contributed by atoms with Gasteiger partial charge in [0.15, 0.2) is 6.29 Å². The standard InChI is InChI=1S/C10H20O6/c1-10(2,3)16-8-6(12)5(4-11)15-9(14)7(8)13/h5-9,11-14H,4H2,1-3H3/t5-,6-,7-,8+,9?/m1/s1. The van der Waals surface area contributed by atoms with Gasteiger partial charge < -0.3 is 29.9 Å². The van der Waals surface area contributed by atoms with Crippen molar-refractivity contribution in [2.45, 2.75) is 57.1 Å². The number of hydrogen-bond donors (Lipinski definition) is 4. The molecule has 0 spiro atoms. The smallest absolute Gasteiger partial charge is 0.184 e. The van der Waals surface area contributed by atoms with Crippen LogP contribution in [0.1, 0.15) is 20.8 Å². The van der Waals surface area contributed by atoms with Crippen molar-refractivity contribution >= 4 is 0 Å². The first kappa shape index (κ1) is 13.8. The summed E-state index contributed by atoms with van der Waals surface area (Å²) >= 11 is 0. The van der Waals surface area contributed by atoms with Crippen molar-refractivity contribution in [1.29, 1.82) is 0 Å². The predicted octanol–water partition coefficient (Wildman–Crippen LogP) is -1.40. The van der Waals surface area contributed by atoms with Crippen LogP contribution in [0.2, 0.25) is 0 Å². The molecule has 1 aliphatic heterocycles. The van der Waals surface area contributed by atoms with Crippen molar-refractivity contribution in [2.24, 2.45) is 0 Å². The van der Waals surface area contributed by atoms with E-state index < -0.39 is 42.9 Å². The normalized spacial score (nSPS) is 41.1. The van der Waals surface area contributed by atoms with E-state index in [0.717, 1.165) is 0 Å². The van der Waals surface area contributed by atoms with Gasteiger partial charge in [-0.3, -0.25) is 0 Å². The van der Waals surface area contributed by atoms with Crippen LogP contribution >= 0.6 is 0 Å². The number of aliphatic hydroxyl groups excluding tert-OH is 4. The first-order valence-electron chi connectivity index (χ1n) is 5.24. The van der Waals surface area contributed by atoms with E-state index in [9.17, 15) is 15.3 Å². The van der Waals surface area contributed by atoms with Crippen LogP contribution in [-0.4, -0.2) is 63.3 Å². The van der Waals surface area contributed by atoms with Gasteiger partial charge in [0.25, 0.3) is 0 Å². The molecule has 1 rings (SSSR count). The molecule has 1 aliphatic rings. The fraction of sp³-hybridized carbons (Fsp3) is 1.00. The van der Waals surface area contributed by atoms with E-state index >= 15 is 0 Å². The molecule has 0 amide bonds. The van der Waals surface area contributed by atoms with E-state index in [4.69, 9.17) is 14.6 Å². The van der Waals surface area contributed by atoms with Gasteiger partial charge in [-0.2, -0.15) is 0 Å². The van der Waals surface area contributed by atoms with Gasteiger partial charge in [-0.05, 0) is 20.8 Å². The predicted molar refractivity (Wildman–Crippen MR) is 54.6 cm³/mol. The lowest BCUT2D eigenvalue weighted by atomic mass is 9.98. The Morgan fingerprint density at radius 3 is 2.12 bits per heavy atom. The molecule has 1 unspecified atom stereocenters.